The molecule has 0 fully saturated rings. The first-order valence-corrected chi connectivity index (χ1v) is 6.12. The van der Waals surface area contributed by atoms with Crippen molar-refractivity contribution >= 4 is 0 Å². The average Bonchev–Trinajstić information content (AvgIpc) is 2.13. The molecule has 1 aromatic carbocycles. The molecule has 0 saturated heterocycles. The molecule has 16 heavy (non-hydrogen) atoms. The Morgan fingerprint density at radius 2 is 1.56 bits per heavy atom. The van der Waals surface area contributed by atoms with Crippen molar-refractivity contribution < 1.29 is 0 Å². The van der Waals surface area contributed by atoms with Gasteiger partial charge in [-0.1, -0.05) is 26.0 Å². The normalized spacial score (nSPS) is 11.9. The molecule has 0 aliphatic heterocycles. The van der Waals surface area contributed by atoms with Crippen LogP contribution in [-0.2, 0) is 6.42 Å². The van der Waals surface area contributed by atoms with E-state index in [4.69, 9.17) is 5.73 Å². The highest BCUT2D eigenvalue weighted by Crippen LogP contribution is 2.28. The van der Waals surface area contributed by atoms with Crippen LogP contribution in [0.25, 0.3) is 0 Å². The third kappa shape index (κ3) is 3.34. The minimum Gasteiger partial charge on any atom is -0.330 e. The third-order valence-corrected chi connectivity index (χ3v) is 3.44. The Morgan fingerprint density at radius 1 is 1.00 bits per heavy atom. The van der Waals surface area contributed by atoms with Crippen molar-refractivity contribution in [3.05, 3.63) is 34.4 Å². The summed E-state index contributed by atoms with van der Waals surface area (Å²) in [6.45, 7) is 11.9. The van der Waals surface area contributed by atoms with E-state index in [-0.39, 0.29) is 0 Å². The van der Waals surface area contributed by atoms with E-state index in [9.17, 15) is 0 Å². The van der Waals surface area contributed by atoms with Crippen molar-refractivity contribution in [3.63, 3.8) is 0 Å². The van der Waals surface area contributed by atoms with Crippen molar-refractivity contribution in [2.75, 3.05) is 6.54 Å². The summed E-state index contributed by atoms with van der Waals surface area (Å²) < 4.78 is 0. The Balaban J connectivity index is 2.93. The lowest BCUT2D eigenvalue weighted by Crippen LogP contribution is -2.20. The molecule has 0 aromatic heterocycles. The van der Waals surface area contributed by atoms with Gasteiger partial charge in [-0.3, -0.25) is 0 Å². The highest BCUT2D eigenvalue weighted by atomic mass is 14.5. The second kappa shape index (κ2) is 5.01. The van der Waals surface area contributed by atoms with Crippen molar-refractivity contribution in [2.24, 2.45) is 11.1 Å². The van der Waals surface area contributed by atoms with Crippen molar-refractivity contribution in [1.29, 1.82) is 0 Å². The van der Waals surface area contributed by atoms with E-state index in [1.54, 1.807) is 0 Å². The lowest BCUT2D eigenvalue weighted by Gasteiger charge is -2.25. The van der Waals surface area contributed by atoms with Crippen LogP contribution < -0.4 is 5.73 Å². The topological polar surface area (TPSA) is 26.0 Å². The average molecular weight is 219 g/mol. The molecule has 0 saturated carbocycles. The summed E-state index contributed by atoms with van der Waals surface area (Å²) in [4.78, 5) is 0. The number of benzene rings is 1. The van der Waals surface area contributed by atoms with E-state index >= 15 is 0 Å². The molecule has 0 aliphatic rings. The Morgan fingerprint density at radius 3 is 2.12 bits per heavy atom. The predicted molar refractivity (Wildman–Crippen MR) is 71.8 cm³/mol. The first-order chi connectivity index (χ1) is 7.35. The number of rotatable bonds is 4. The molecule has 0 atom stereocenters. The number of aryl methyl sites for hydroxylation is 3. The van der Waals surface area contributed by atoms with Gasteiger partial charge in [-0.25, -0.2) is 0 Å². The molecule has 1 aromatic rings. The Hall–Kier alpha value is -0.820. The Labute approximate surface area is 100 Å². The van der Waals surface area contributed by atoms with Crippen LogP contribution in [-0.4, -0.2) is 6.54 Å². The summed E-state index contributed by atoms with van der Waals surface area (Å²) in [5.74, 6) is 0. The SMILES string of the molecule is Cc1cc(C)c(CC(C)(C)CCN)cc1C. The molecule has 0 amide bonds. The summed E-state index contributed by atoms with van der Waals surface area (Å²) in [7, 11) is 0. The van der Waals surface area contributed by atoms with Gasteiger partial charge >= 0.3 is 0 Å². The third-order valence-electron chi connectivity index (χ3n) is 3.44. The molecule has 0 aliphatic carbocycles. The molecule has 90 valence electrons. The number of nitrogens with two attached hydrogens (primary N) is 1. The molecule has 1 rings (SSSR count). The van der Waals surface area contributed by atoms with Gasteiger partial charge in [0.1, 0.15) is 0 Å². The van der Waals surface area contributed by atoms with Crippen molar-refractivity contribution in [2.45, 2.75) is 47.5 Å². The van der Waals surface area contributed by atoms with Crippen molar-refractivity contribution in [3.8, 4) is 0 Å². The van der Waals surface area contributed by atoms with Crippen LogP contribution in [0.4, 0.5) is 0 Å². The van der Waals surface area contributed by atoms with Crippen LogP contribution >= 0.6 is 0 Å². The maximum Gasteiger partial charge on any atom is -0.00721 e. The van der Waals surface area contributed by atoms with Gasteiger partial charge in [0.15, 0.2) is 0 Å². The highest BCUT2D eigenvalue weighted by molar-refractivity contribution is 5.36. The summed E-state index contributed by atoms with van der Waals surface area (Å²) in [5.41, 5.74) is 11.6. The largest absolute Gasteiger partial charge is 0.330 e. The maximum absolute atomic E-state index is 5.66. The minimum atomic E-state index is 0.307. The van der Waals surface area contributed by atoms with E-state index in [2.05, 4.69) is 46.8 Å². The Kier molecular flexibility index (Phi) is 4.15. The summed E-state index contributed by atoms with van der Waals surface area (Å²) in [6, 6.07) is 4.63. The minimum absolute atomic E-state index is 0.307. The predicted octanol–water partition coefficient (Wildman–Crippen LogP) is 3.53. The fraction of sp³-hybridized carbons (Fsp3) is 0.600. The van der Waals surface area contributed by atoms with Crippen LogP contribution in [0.1, 0.15) is 42.5 Å². The van der Waals surface area contributed by atoms with Crippen LogP contribution in [0.15, 0.2) is 12.1 Å². The molecular weight excluding hydrogens is 194 g/mol. The lowest BCUT2D eigenvalue weighted by molar-refractivity contribution is 0.338. The summed E-state index contributed by atoms with van der Waals surface area (Å²) in [6.07, 6.45) is 2.20. The Bertz CT molecular complexity index is 364. The van der Waals surface area contributed by atoms with Crippen LogP contribution in [0.2, 0.25) is 0 Å². The first-order valence-electron chi connectivity index (χ1n) is 6.12. The molecular formula is C15H25N. The fourth-order valence-corrected chi connectivity index (χ4v) is 2.21. The summed E-state index contributed by atoms with van der Waals surface area (Å²) in [5, 5.41) is 0. The first kappa shape index (κ1) is 13.2. The van der Waals surface area contributed by atoms with Gasteiger partial charge in [-0.15, -0.1) is 0 Å². The zero-order valence-corrected chi connectivity index (χ0v) is 11.4. The van der Waals surface area contributed by atoms with E-state index in [0.29, 0.717) is 5.41 Å². The number of hydrogen-bond donors (Lipinski definition) is 1. The highest BCUT2D eigenvalue weighted by Gasteiger charge is 2.18. The second-order valence-corrected chi connectivity index (χ2v) is 5.74. The molecule has 0 heterocycles. The van der Waals surface area contributed by atoms with Gasteiger partial charge in [0.25, 0.3) is 0 Å². The zero-order chi connectivity index (χ0) is 12.3. The molecule has 0 unspecified atom stereocenters. The molecule has 0 radical (unpaired) electrons. The van der Waals surface area contributed by atoms with Crippen LogP contribution in [0.5, 0.6) is 0 Å². The van der Waals surface area contributed by atoms with Crippen molar-refractivity contribution in [1.82, 2.24) is 0 Å². The standard InChI is InChI=1S/C15H25N/c1-11-8-13(3)14(9-12(11)2)10-15(4,5)6-7-16/h8-9H,6-7,10,16H2,1-5H3. The van der Waals surface area contributed by atoms with Gasteiger partial charge in [-0.2, -0.15) is 0 Å². The van der Waals surface area contributed by atoms with Crippen LogP contribution in [0, 0.1) is 26.2 Å². The summed E-state index contributed by atoms with van der Waals surface area (Å²) >= 11 is 0. The molecule has 0 spiro atoms. The van der Waals surface area contributed by atoms with E-state index in [0.717, 1.165) is 19.4 Å². The van der Waals surface area contributed by atoms with E-state index < -0.39 is 0 Å². The fourth-order valence-electron chi connectivity index (χ4n) is 2.21. The molecule has 0 bridgehead atoms. The van der Waals surface area contributed by atoms with Gasteiger partial charge < -0.3 is 5.73 Å². The number of hydrogen-bond acceptors (Lipinski definition) is 1. The zero-order valence-electron chi connectivity index (χ0n) is 11.4. The smallest absolute Gasteiger partial charge is 0.00721 e. The van der Waals surface area contributed by atoms with Gasteiger partial charge in [0, 0.05) is 0 Å². The molecule has 1 heteroatoms. The molecule has 2 N–H and O–H groups in total. The van der Waals surface area contributed by atoms with Gasteiger partial charge in [0.05, 0.1) is 0 Å². The van der Waals surface area contributed by atoms with E-state index in [1.165, 1.54) is 22.3 Å². The van der Waals surface area contributed by atoms with Crippen LogP contribution in [0.3, 0.4) is 0 Å². The quantitative estimate of drug-likeness (QED) is 0.823. The van der Waals surface area contributed by atoms with Gasteiger partial charge in [0.2, 0.25) is 0 Å². The lowest BCUT2D eigenvalue weighted by atomic mass is 9.81. The van der Waals surface area contributed by atoms with Gasteiger partial charge in [-0.05, 0) is 67.8 Å². The molecule has 1 nitrogen and oxygen atoms in total. The maximum atomic E-state index is 5.66. The van der Waals surface area contributed by atoms with E-state index in [1.807, 2.05) is 0 Å². The second-order valence-electron chi connectivity index (χ2n) is 5.74. The monoisotopic (exact) mass is 219 g/mol.